The number of Topliss-reactive ketones (excluding diaryl/α,β-unsaturated/α-hetero) is 1. The number of nitrogens with zero attached hydrogens (tertiary/aromatic N) is 1. The first-order valence-electron chi connectivity index (χ1n) is 10.4. The van der Waals surface area contributed by atoms with E-state index in [-0.39, 0.29) is 11.3 Å². The van der Waals surface area contributed by atoms with Gasteiger partial charge >= 0.3 is 0 Å². The van der Waals surface area contributed by atoms with E-state index in [0.717, 1.165) is 49.9 Å². The number of pyridine rings is 1. The van der Waals surface area contributed by atoms with Crippen molar-refractivity contribution in [2.24, 2.45) is 5.92 Å². The minimum absolute atomic E-state index is 0.0920. The van der Waals surface area contributed by atoms with Gasteiger partial charge in [-0.05, 0) is 85.8 Å². The molecule has 0 aliphatic heterocycles. The van der Waals surface area contributed by atoms with Crippen LogP contribution in [0, 0.1) is 12.8 Å². The molecule has 2 aliphatic carbocycles. The zero-order chi connectivity index (χ0) is 19.7. The van der Waals surface area contributed by atoms with Gasteiger partial charge < -0.3 is 5.32 Å². The molecule has 146 valence electrons. The SMILES string of the molecule is CC[C@@]12CCC(=O)C[C@@H]1CCCc1cc(C(=O)Nc3cccnc3C)ccc12. The summed E-state index contributed by atoms with van der Waals surface area (Å²) in [7, 11) is 0. The van der Waals surface area contributed by atoms with E-state index in [1.165, 1.54) is 11.1 Å². The van der Waals surface area contributed by atoms with Crippen LogP contribution in [-0.4, -0.2) is 16.7 Å². The number of aryl methyl sites for hydroxylation is 2. The summed E-state index contributed by atoms with van der Waals surface area (Å²) >= 11 is 0. The summed E-state index contributed by atoms with van der Waals surface area (Å²) in [5.41, 5.74) is 5.00. The number of hydrogen-bond acceptors (Lipinski definition) is 3. The number of hydrogen-bond donors (Lipinski definition) is 1. The van der Waals surface area contributed by atoms with E-state index in [4.69, 9.17) is 0 Å². The molecular weight excluding hydrogens is 348 g/mol. The van der Waals surface area contributed by atoms with Crippen molar-refractivity contribution in [1.29, 1.82) is 0 Å². The molecule has 4 nitrogen and oxygen atoms in total. The lowest BCUT2D eigenvalue weighted by Gasteiger charge is -2.43. The molecule has 4 heteroatoms. The van der Waals surface area contributed by atoms with Gasteiger partial charge in [-0.1, -0.05) is 13.0 Å². The zero-order valence-corrected chi connectivity index (χ0v) is 16.8. The molecule has 1 amide bonds. The highest BCUT2D eigenvalue weighted by Crippen LogP contribution is 2.50. The van der Waals surface area contributed by atoms with Crippen LogP contribution in [0.25, 0.3) is 0 Å². The van der Waals surface area contributed by atoms with E-state index in [2.05, 4.69) is 29.4 Å². The summed E-state index contributed by atoms with van der Waals surface area (Å²) in [6.45, 7) is 4.14. The maximum atomic E-state index is 12.8. The van der Waals surface area contributed by atoms with Crippen LogP contribution in [0.15, 0.2) is 36.5 Å². The van der Waals surface area contributed by atoms with E-state index in [9.17, 15) is 9.59 Å². The van der Waals surface area contributed by atoms with Crippen molar-refractivity contribution in [3.63, 3.8) is 0 Å². The lowest BCUT2D eigenvalue weighted by Crippen LogP contribution is -2.40. The minimum atomic E-state index is -0.0935. The van der Waals surface area contributed by atoms with Crippen molar-refractivity contribution >= 4 is 17.4 Å². The first-order chi connectivity index (χ1) is 13.5. The van der Waals surface area contributed by atoms with Crippen LogP contribution < -0.4 is 5.32 Å². The number of aromatic nitrogens is 1. The molecule has 0 bridgehead atoms. The number of fused-ring (bicyclic) bond motifs is 3. The molecule has 28 heavy (non-hydrogen) atoms. The van der Waals surface area contributed by atoms with Crippen molar-refractivity contribution in [1.82, 2.24) is 4.98 Å². The highest BCUT2D eigenvalue weighted by Gasteiger charge is 2.45. The van der Waals surface area contributed by atoms with Gasteiger partial charge in [-0.15, -0.1) is 0 Å². The Balaban J connectivity index is 1.66. The van der Waals surface area contributed by atoms with Gasteiger partial charge in [0.05, 0.1) is 11.4 Å². The van der Waals surface area contributed by atoms with Gasteiger partial charge in [0.15, 0.2) is 0 Å². The molecule has 0 saturated heterocycles. The Bertz CT molecular complexity index is 921. The molecule has 1 heterocycles. The monoisotopic (exact) mass is 376 g/mol. The normalized spacial score (nSPS) is 24.1. The lowest BCUT2D eigenvalue weighted by atomic mass is 9.60. The van der Waals surface area contributed by atoms with E-state index < -0.39 is 0 Å². The summed E-state index contributed by atoms with van der Waals surface area (Å²) in [5.74, 6) is 0.766. The van der Waals surface area contributed by atoms with Gasteiger partial charge in [-0.2, -0.15) is 0 Å². The van der Waals surface area contributed by atoms with Gasteiger partial charge in [0, 0.05) is 24.6 Å². The Morgan fingerprint density at radius 1 is 1.29 bits per heavy atom. The van der Waals surface area contributed by atoms with Gasteiger partial charge in [0.1, 0.15) is 5.78 Å². The number of benzene rings is 1. The van der Waals surface area contributed by atoms with Crippen LogP contribution >= 0.6 is 0 Å². The van der Waals surface area contributed by atoms with Crippen molar-refractivity contribution in [2.75, 3.05) is 5.32 Å². The fourth-order valence-electron chi connectivity index (χ4n) is 5.30. The molecule has 2 atom stereocenters. The molecule has 0 unspecified atom stereocenters. The summed E-state index contributed by atoms with van der Waals surface area (Å²) < 4.78 is 0. The number of anilines is 1. The van der Waals surface area contributed by atoms with Gasteiger partial charge in [0.2, 0.25) is 0 Å². The van der Waals surface area contributed by atoms with Crippen LogP contribution in [0.4, 0.5) is 5.69 Å². The Morgan fingerprint density at radius 2 is 2.14 bits per heavy atom. The number of amides is 1. The number of ketones is 1. The predicted molar refractivity (Wildman–Crippen MR) is 111 cm³/mol. The molecule has 1 saturated carbocycles. The van der Waals surface area contributed by atoms with E-state index >= 15 is 0 Å². The van der Waals surface area contributed by atoms with Crippen LogP contribution in [-0.2, 0) is 16.6 Å². The summed E-state index contributed by atoms with van der Waals surface area (Å²) in [6, 6.07) is 9.90. The van der Waals surface area contributed by atoms with Gasteiger partial charge in [-0.25, -0.2) is 0 Å². The molecule has 1 N–H and O–H groups in total. The van der Waals surface area contributed by atoms with Crippen LogP contribution in [0.3, 0.4) is 0 Å². The Hall–Kier alpha value is -2.49. The molecular formula is C24H28N2O2. The Labute approximate surface area is 166 Å². The van der Waals surface area contributed by atoms with Gasteiger partial charge in [0.25, 0.3) is 5.91 Å². The van der Waals surface area contributed by atoms with Crippen LogP contribution in [0.2, 0.25) is 0 Å². The highest BCUT2D eigenvalue weighted by atomic mass is 16.1. The molecule has 2 aliphatic rings. The van der Waals surface area contributed by atoms with Crippen molar-refractivity contribution < 1.29 is 9.59 Å². The number of carbonyl (C=O) groups excluding carboxylic acids is 2. The molecule has 1 aromatic heterocycles. The quantitative estimate of drug-likeness (QED) is 0.820. The van der Waals surface area contributed by atoms with Crippen molar-refractivity contribution in [2.45, 2.75) is 64.2 Å². The fraction of sp³-hybridized carbons (Fsp3) is 0.458. The third-order valence-electron chi connectivity index (χ3n) is 6.89. The Morgan fingerprint density at radius 3 is 2.93 bits per heavy atom. The third kappa shape index (κ3) is 3.25. The van der Waals surface area contributed by atoms with Crippen LogP contribution in [0.1, 0.15) is 72.6 Å². The molecule has 2 aromatic rings. The minimum Gasteiger partial charge on any atom is -0.320 e. The highest BCUT2D eigenvalue weighted by molar-refractivity contribution is 6.04. The Kier molecular flexibility index (Phi) is 5.05. The maximum absolute atomic E-state index is 12.8. The molecule has 1 fully saturated rings. The summed E-state index contributed by atoms with van der Waals surface area (Å²) in [4.78, 5) is 29.2. The first kappa shape index (κ1) is 18.9. The van der Waals surface area contributed by atoms with E-state index in [1.54, 1.807) is 6.20 Å². The van der Waals surface area contributed by atoms with Crippen molar-refractivity contribution in [3.05, 3.63) is 58.9 Å². The molecule has 4 rings (SSSR count). The second-order valence-electron chi connectivity index (χ2n) is 8.30. The summed E-state index contributed by atoms with van der Waals surface area (Å²) in [6.07, 6.45) is 8.29. The number of rotatable bonds is 3. The second kappa shape index (κ2) is 7.50. The predicted octanol–water partition coefficient (Wildman–Crippen LogP) is 5.00. The summed E-state index contributed by atoms with van der Waals surface area (Å²) in [5, 5.41) is 2.99. The first-order valence-corrected chi connectivity index (χ1v) is 10.4. The molecule has 0 radical (unpaired) electrons. The molecule has 1 aromatic carbocycles. The van der Waals surface area contributed by atoms with E-state index in [0.29, 0.717) is 23.7 Å². The second-order valence-corrected chi connectivity index (χ2v) is 8.30. The fourth-order valence-corrected chi connectivity index (χ4v) is 5.30. The zero-order valence-electron chi connectivity index (χ0n) is 16.8. The van der Waals surface area contributed by atoms with Gasteiger partial charge in [-0.3, -0.25) is 14.6 Å². The molecule has 0 spiro atoms. The number of nitrogens with one attached hydrogen (secondary N) is 1. The maximum Gasteiger partial charge on any atom is 0.255 e. The van der Waals surface area contributed by atoms with Crippen molar-refractivity contribution in [3.8, 4) is 0 Å². The van der Waals surface area contributed by atoms with Crippen LogP contribution in [0.5, 0.6) is 0 Å². The largest absolute Gasteiger partial charge is 0.320 e. The smallest absolute Gasteiger partial charge is 0.255 e. The topological polar surface area (TPSA) is 59.1 Å². The lowest BCUT2D eigenvalue weighted by molar-refractivity contribution is -0.123. The average molecular weight is 377 g/mol. The third-order valence-corrected chi connectivity index (χ3v) is 6.89. The average Bonchev–Trinajstić information content (AvgIpc) is 2.86. The van der Waals surface area contributed by atoms with E-state index in [1.807, 2.05) is 25.1 Å². The number of carbonyl (C=O) groups is 2. The standard InChI is InChI=1S/C24H28N2O2/c1-3-24-12-11-20(27)15-19(24)7-4-6-17-14-18(9-10-21(17)24)23(28)26-22-8-5-13-25-16(22)2/h5,8-10,13-14,19H,3-4,6-7,11-12,15H2,1-2H3,(H,26,28)/t19-,24+/m0/s1.